The molecule has 3 nitrogen and oxygen atoms in total. The Balaban J connectivity index is 1.30. The number of rotatable bonds is 2. The predicted octanol–water partition coefficient (Wildman–Crippen LogP) is 7.26. The maximum Gasteiger partial charge on any atom is 0.262 e. The number of anilines is 1. The molecule has 0 saturated heterocycles. The van der Waals surface area contributed by atoms with Crippen molar-refractivity contribution < 1.29 is 9.67 Å². The molecule has 2 aromatic carbocycles. The van der Waals surface area contributed by atoms with Gasteiger partial charge < -0.3 is 10.0 Å². The SMILES string of the molecule is Cc1ccc2c(c1)sc(/C=C1/C=C3C=C(/C=C4\Sc5cc(O)ccc5N4C)CCC3CC1)[n+]2C. The number of thioether (sulfide) groups is 1. The molecular formula is C29H29N2OS2+. The van der Waals surface area contributed by atoms with Crippen LogP contribution in [0.4, 0.5) is 5.69 Å². The lowest BCUT2D eigenvalue weighted by Crippen LogP contribution is -2.29. The normalized spacial score (nSPS) is 22.2. The van der Waals surface area contributed by atoms with E-state index in [4.69, 9.17) is 0 Å². The number of hydrogen-bond acceptors (Lipinski definition) is 4. The van der Waals surface area contributed by atoms with E-state index in [0.717, 1.165) is 23.4 Å². The Hall–Kier alpha value is -2.76. The molecule has 34 heavy (non-hydrogen) atoms. The Labute approximate surface area is 209 Å². The Morgan fingerprint density at radius 2 is 1.91 bits per heavy atom. The summed E-state index contributed by atoms with van der Waals surface area (Å²) < 4.78 is 3.68. The highest BCUT2D eigenvalue weighted by molar-refractivity contribution is 8.03. The number of aryl methyl sites for hydroxylation is 2. The fourth-order valence-electron chi connectivity index (χ4n) is 5.25. The van der Waals surface area contributed by atoms with E-state index in [-0.39, 0.29) is 0 Å². The Kier molecular flexibility index (Phi) is 5.42. The van der Waals surface area contributed by atoms with Crippen LogP contribution >= 0.6 is 23.1 Å². The second-order valence-electron chi connectivity index (χ2n) is 9.62. The topological polar surface area (TPSA) is 27.3 Å². The van der Waals surface area contributed by atoms with Gasteiger partial charge in [0, 0.05) is 24.1 Å². The number of thiazole rings is 1. The number of fused-ring (bicyclic) bond motifs is 3. The first-order chi connectivity index (χ1) is 16.4. The van der Waals surface area contributed by atoms with Gasteiger partial charge in [-0.2, -0.15) is 4.57 Å². The summed E-state index contributed by atoms with van der Waals surface area (Å²) in [6.45, 7) is 2.16. The lowest BCUT2D eigenvalue weighted by Gasteiger charge is -2.28. The monoisotopic (exact) mass is 485 g/mol. The lowest BCUT2D eigenvalue weighted by molar-refractivity contribution is -0.642. The third-order valence-electron chi connectivity index (χ3n) is 7.23. The van der Waals surface area contributed by atoms with Gasteiger partial charge in [-0.3, -0.25) is 0 Å². The van der Waals surface area contributed by atoms with Gasteiger partial charge >= 0.3 is 0 Å². The molecule has 0 spiro atoms. The molecule has 0 saturated carbocycles. The molecule has 3 aromatic rings. The maximum atomic E-state index is 9.84. The van der Waals surface area contributed by atoms with Crippen LogP contribution in [0.2, 0.25) is 0 Å². The fraction of sp³-hybridized carbons (Fsp3) is 0.276. The van der Waals surface area contributed by atoms with Crippen molar-refractivity contribution in [2.45, 2.75) is 37.5 Å². The zero-order chi connectivity index (χ0) is 23.4. The van der Waals surface area contributed by atoms with Gasteiger partial charge in [-0.25, -0.2) is 0 Å². The van der Waals surface area contributed by atoms with Crippen LogP contribution in [0.15, 0.2) is 81.3 Å². The molecule has 1 unspecified atom stereocenters. The molecule has 3 aliphatic rings. The van der Waals surface area contributed by atoms with Gasteiger partial charge in [0.15, 0.2) is 0 Å². The second kappa shape index (κ2) is 8.47. The quantitative estimate of drug-likeness (QED) is 0.387. The van der Waals surface area contributed by atoms with E-state index in [0.29, 0.717) is 11.7 Å². The van der Waals surface area contributed by atoms with Crippen molar-refractivity contribution in [1.82, 2.24) is 0 Å². The van der Waals surface area contributed by atoms with Gasteiger partial charge in [0.25, 0.3) is 5.01 Å². The Morgan fingerprint density at radius 3 is 2.79 bits per heavy atom. The van der Waals surface area contributed by atoms with Gasteiger partial charge in [0.1, 0.15) is 17.5 Å². The molecule has 5 heteroatoms. The van der Waals surface area contributed by atoms with Gasteiger partial charge in [-0.15, -0.1) is 0 Å². The lowest BCUT2D eigenvalue weighted by atomic mass is 9.77. The third kappa shape index (κ3) is 3.91. The van der Waals surface area contributed by atoms with Crippen molar-refractivity contribution in [3.63, 3.8) is 0 Å². The summed E-state index contributed by atoms with van der Waals surface area (Å²) in [4.78, 5) is 3.35. The van der Waals surface area contributed by atoms with E-state index >= 15 is 0 Å². The van der Waals surface area contributed by atoms with Gasteiger partial charge in [-0.05, 0) is 91.1 Å². The van der Waals surface area contributed by atoms with Gasteiger partial charge in [0.2, 0.25) is 5.52 Å². The van der Waals surface area contributed by atoms with Crippen molar-refractivity contribution in [2.75, 3.05) is 11.9 Å². The molecule has 2 heterocycles. The van der Waals surface area contributed by atoms with E-state index in [1.54, 1.807) is 17.8 Å². The van der Waals surface area contributed by atoms with Crippen LogP contribution in [0.5, 0.6) is 5.75 Å². The third-order valence-corrected chi connectivity index (χ3v) is 9.52. The van der Waals surface area contributed by atoms with E-state index < -0.39 is 0 Å². The summed E-state index contributed by atoms with van der Waals surface area (Å²) in [6, 6.07) is 12.3. The minimum atomic E-state index is 0.328. The highest BCUT2D eigenvalue weighted by Crippen LogP contribution is 2.47. The first kappa shape index (κ1) is 21.8. The van der Waals surface area contributed by atoms with E-state index in [1.807, 2.05) is 23.5 Å². The highest BCUT2D eigenvalue weighted by Gasteiger charge is 2.26. The number of aromatic hydroxyl groups is 1. The molecule has 1 atom stereocenters. The Bertz CT molecular complexity index is 1440. The molecule has 0 radical (unpaired) electrons. The fourth-order valence-corrected chi connectivity index (χ4v) is 7.63. The summed E-state index contributed by atoms with van der Waals surface area (Å²) in [6.07, 6.45) is 14.4. The molecule has 0 amide bonds. The highest BCUT2D eigenvalue weighted by atomic mass is 32.2. The maximum absolute atomic E-state index is 9.84. The largest absolute Gasteiger partial charge is 0.508 e. The predicted molar refractivity (Wildman–Crippen MR) is 144 cm³/mol. The molecule has 6 rings (SSSR count). The summed E-state index contributed by atoms with van der Waals surface area (Å²) >= 11 is 3.63. The van der Waals surface area contributed by atoms with E-state index in [2.05, 4.69) is 73.0 Å². The van der Waals surface area contributed by atoms with Crippen LogP contribution in [-0.2, 0) is 7.05 Å². The van der Waals surface area contributed by atoms with Crippen LogP contribution in [0.1, 0.15) is 36.3 Å². The number of aromatic nitrogens is 1. The van der Waals surface area contributed by atoms with Crippen molar-refractivity contribution in [1.29, 1.82) is 0 Å². The molecular weight excluding hydrogens is 456 g/mol. The second-order valence-corrected chi connectivity index (χ2v) is 11.7. The van der Waals surface area contributed by atoms with Crippen LogP contribution < -0.4 is 9.47 Å². The van der Waals surface area contributed by atoms with Crippen molar-refractivity contribution >= 4 is 45.1 Å². The van der Waals surface area contributed by atoms with Crippen LogP contribution in [-0.4, -0.2) is 12.2 Å². The number of benzene rings is 2. The molecule has 0 fully saturated rings. The van der Waals surface area contributed by atoms with Gasteiger partial charge in [-0.1, -0.05) is 41.3 Å². The van der Waals surface area contributed by atoms with Crippen LogP contribution in [0.3, 0.4) is 0 Å². The summed E-state index contributed by atoms with van der Waals surface area (Å²) in [5.41, 5.74) is 8.11. The molecule has 2 aliphatic carbocycles. The first-order valence-electron chi connectivity index (χ1n) is 11.9. The Morgan fingerprint density at radius 1 is 1.06 bits per heavy atom. The first-order valence-corrected chi connectivity index (χ1v) is 13.6. The zero-order valence-corrected chi connectivity index (χ0v) is 21.5. The van der Waals surface area contributed by atoms with E-state index in [9.17, 15) is 5.11 Å². The number of phenols is 1. The minimum Gasteiger partial charge on any atom is -0.508 e. The summed E-state index contributed by atoms with van der Waals surface area (Å²) in [5.74, 6) is 1.01. The minimum absolute atomic E-state index is 0.328. The zero-order valence-electron chi connectivity index (χ0n) is 19.8. The van der Waals surface area contributed by atoms with Crippen LogP contribution in [0, 0.1) is 12.8 Å². The molecule has 1 N–H and O–H groups in total. The molecule has 172 valence electrons. The number of phenolic OH excluding ortho intramolecular Hbond substituents is 1. The molecule has 1 aromatic heterocycles. The van der Waals surface area contributed by atoms with E-state index in [1.165, 1.54) is 55.4 Å². The number of allylic oxidation sites excluding steroid dienone is 6. The molecule has 0 bridgehead atoms. The number of hydrogen-bond donors (Lipinski definition) is 1. The smallest absolute Gasteiger partial charge is 0.262 e. The average molecular weight is 486 g/mol. The standard InChI is InChI=1S/C29H28N2OS2/c1-18-4-10-24-26(12-18)33-28(30(24)2)15-19-5-7-21-8-6-20(14-22(21)13-19)16-29-31(3)25-11-9-23(32)17-27(25)34-29/h4,9-17,21H,5-8H2,1-3H3/p+1. The van der Waals surface area contributed by atoms with Crippen molar-refractivity contribution in [3.05, 3.63) is 86.9 Å². The number of nitrogens with zero attached hydrogens (tertiary/aromatic N) is 2. The van der Waals surface area contributed by atoms with Crippen molar-refractivity contribution in [2.24, 2.45) is 13.0 Å². The van der Waals surface area contributed by atoms with Crippen LogP contribution in [0.25, 0.3) is 16.3 Å². The summed E-state index contributed by atoms with van der Waals surface area (Å²) in [7, 11) is 4.29. The van der Waals surface area contributed by atoms with Crippen molar-refractivity contribution in [3.8, 4) is 5.75 Å². The summed E-state index contributed by atoms with van der Waals surface area (Å²) in [5, 5.41) is 12.4. The molecule has 1 aliphatic heterocycles. The van der Waals surface area contributed by atoms with Gasteiger partial charge in [0.05, 0.1) is 10.7 Å². The average Bonchev–Trinajstić information content (AvgIpc) is 3.28.